The van der Waals surface area contributed by atoms with E-state index in [9.17, 15) is 4.79 Å². The number of nitrogens with one attached hydrogen (secondary N) is 1. The average molecular weight is 300 g/mol. The van der Waals surface area contributed by atoms with Crippen molar-refractivity contribution in [2.45, 2.75) is 52.0 Å². The van der Waals surface area contributed by atoms with E-state index in [4.69, 9.17) is 0 Å². The SMILES string of the molecule is CCn1c2nc[nH]c2c(=O)n2nc(CC3CCCCC3)nc12. The second kappa shape index (κ2) is 5.23. The summed E-state index contributed by atoms with van der Waals surface area (Å²) in [6.45, 7) is 2.72. The van der Waals surface area contributed by atoms with Gasteiger partial charge in [-0.15, -0.1) is 5.10 Å². The van der Waals surface area contributed by atoms with Gasteiger partial charge in [0.05, 0.1) is 6.33 Å². The van der Waals surface area contributed by atoms with Gasteiger partial charge in [-0.25, -0.2) is 4.98 Å². The fraction of sp³-hybridized carbons (Fsp3) is 0.600. The minimum absolute atomic E-state index is 0.172. The summed E-state index contributed by atoms with van der Waals surface area (Å²) in [7, 11) is 0. The van der Waals surface area contributed by atoms with E-state index in [-0.39, 0.29) is 5.56 Å². The predicted molar refractivity (Wildman–Crippen MR) is 82.9 cm³/mol. The van der Waals surface area contributed by atoms with Crippen LogP contribution in [-0.2, 0) is 13.0 Å². The van der Waals surface area contributed by atoms with Gasteiger partial charge in [-0.1, -0.05) is 32.1 Å². The summed E-state index contributed by atoms with van der Waals surface area (Å²) >= 11 is 0. The highest BCUT2D eigenvalue weighted by atomic mass is 16.1. The molecule has 0 radical (unpaired) electrons. The Morgan fingerprint density at radius 2 is 2.14 bits per heavy atom. The van der Waals surface area contributed by atoms with E-state index in [2.05, 4.69) is 20.1 Å². The van der Waals surface area contributed by atoms with Gasteiger partial charge in [0, 0.05) is 13.0 Å². The molecule has 3 heterocycles. The fourth-order valence-electron chi connectivity index (χ4n) is 3.53. The van der Waals surface area contributed by atoms with E-state index in [1.54, 1.807) is 6.33 Å². The quantitative estimate of drug-likeness (QED) is 0.801. The number of nitrogens with zero attached hydrogens (tertiary/aromatic N) is 5. The first-order valence-corrected chi connectivity index (χ1v) is 8.09. The highest BCUT2D eigenvalue weighted by molar-refractivity contribution is 5.71. The van der Waals surface area contributed by atoms with Crippen molar-refractivity contribution in [1.82, 2.24) is 29.1 Å². The smallest absolute Gasteiger partial charge is 0.301 e. The molecular weight excluding hydrogens is 280 g/mol. The number of aromatic amines is 1. The zero-order chi connectivity index (χ0) is 15.1. The Hall–Kier alpha value is -2.18. The van der Waals surface area contributed by atoms with E-state index in [1.807, 2.05) is 11.5 Å². The minimum atomic E-state index is -0.172. The largest absolute Gasteiger partial charge is 0.339 e. The molecule has 7 nitrogen and oxygen atoms in total. The molecule has 22 heavy (non-hydrogen) atoms. The Balaban J connectivity index is 1.82. The van der Waals surface area contributed by atoms with Crippen LogP contribution in [0.4, 0.5) is 0 Å². The van der Waals surface area contributed by atoms with Crippen LogP contribution in [0.15, 0.2) is 11.1 Å². The highest BCUT2D eigenvalue weighted by Crippen LogP contribution is 2.26. The topological polar surface area (TPSA) is 80.9 Å². The van der Waals surface area contributed by atoms with E-state index in [1.165, 1.54) is 36.6 Å². The number of hydrogen-bond donors (Lipinski definition) is 1. The Morgan fingerprint density at radius 3 is 2.91 bits per heavy atom. The van der Waals surface area contributed by atoms with Crippen molar-refractivity contribution in [3.05, 3.63) is 22.5 Å². The van der Waals surface area contributed by atoms with Gasteiger partial charge in [0.1, 0.15) is 0 Å². The van der Waals surface area contributed by atoms with Gasteiger partial charge in [0.2, 0.25) is 5.78 Å². The maximum atomic E-state index is 12.5. The summed E-state index contributed by atoms with van der Waals surface area (Å²) in [4.78, 5) is 24.3. The van der Waals surface area contributed by atoms with E-state index < -0.39 is 0 Å². The average Bonchev–Trinajstić information content (AvgIpc) is 3.16. The second-order valence-corrected chi connectivity index (χ2v) is 6.10. The standard InChI is InChI=1S/C15H20N6O/c1-2-20-13-12(16-9-17-13)14(22)21-15(20)18-11(19-21)8-10-6-4-3-5-7-10/h9-10H,2-8H2,1H3,(H,16,17). The van der Waals surface area contributed by atoms with Gasteiger partial charge in [0.15, 0.2) is 17.0 Å². The fourth-order valence-corrected chi connectivity index (χ4v) is 3.53. The number of aryl methyl sites for hydroxylation is 1. The lowest BCUT2D eigenvalue weighted by Gasteiger charge is -2.19. The highest BCUT2D eigenvalue weighted by Gasteiger charge is 2.19. The van der Waals surface area contributed by atoms with Gasteiger partial charge in [-0.3, -0.25) is 9.36 Å². The molecule has 0 aliphatic heterocycles. The molecule has 1 N–H and O–H groups in total. The lowest BCUT2D eigenvalue weighted by Crippen LogP contribution is -2.19. The molecule has 0 amide bonds. The third kappa shape index (κ3) is 2.03. The number of rotatable bonds is 3. The van der Waals surface area contributed by atoms with Crippen LogP contribution in [0.1, 0.15) is 44.9 Å². The molecule has 0 atom stereocenters. The van der Waals surface area contributed by atoms with Crippen LogP contribution in [0.2, 0.25) is 0 Å². The molecule has 0 saturated heterocycles. The molecular formula is C15H20N6O. The lowest BCUT2D eigenvalue weighted by molar-refractivity contribution is 0.351. The van der Waals surface area contributed by atoms with Gasteiger partial charge in [-0.2, -0.15) is 9.50 Å². The monoisotopic (exact) mass is 300 g/mol. The van der Waals surface area contributed by atoms with E-state index >= 15 is 0 Å². The van der Waals surface area contributed by atoms with Gasteiger partial charge in [0.25, 0.3) is 0 Å². The Labute approximate surface area is 127 Å². The Kier molecular flexibility index (Phi) is 3.20. The van der Waals surface area contributed by atoms with Crippen LogP contribution in [0.5, 0.6) is 0 Å². The molecule has 7 heteroatoms. The maximum absolute atomic E-state index is 12.5. The van der Waals surface area contributed by atoms with Crippen molar-refractivity contribution in [2.24, 2.45) is 5.92 Å². The number of fused-ring (bicyclic) bond motifs is 2. The summed E-state index contributed by atoms with van der Waals surface area (Å²) in [5, 5.41) is 4.47. The van der Waals surface area contributed by atoms with Crippen molar-refractivity contribution in [3.63, 3.8) is 0 Å². The first-order valence-electron chi connectivity index (χ1n) is 8.09. The van der Waals surface area contributed by atoms with Crippen LogP contribution in [0.3, 0.4) is 0 Å². The normalized spacial score (nSPS) is 16.8. The van der Waals surface area contributed by atoms with Crippen LogP contribution in [0, 0.1) is 5.92 Å². The molecule has 0 unspecified atom stereocenters. The number of H-pyrrole nitrogens is 1. The Morgan fingerprint density at radius 1 is 1.32 bits per heavy atom. The summed E-state index contributed by atoms with van der Waals surface area (Å²) < 4.78 is 3.35. The van der Waals surface area contributed by atoms with Gasteiger partial charge < -0.3 is 4.98 Å². The van der Waals surface area contributed by atoms with Gasteiger partial charge >= 0.3 is 5.56 Å². The van der Waals surface area contributed by atoms with Gasteiger partial charge in [-0.05, 0) is 12.8 Å². The lowest BCUT2D eigenvalue weighted by atomic mass is 9.87. The van der Waals surface area contributed by atoms with Crippen molar-refractivity contribution >= 4 is 16.9 Å². The molecule has 1 saturated carbocycles. The zero-order valence-corrected chi connectivity index (χ0v) is 12.7. The molecule has 3 aromatic heterocycles. The second-order valence-electron chi connectivity index (χ2n) is 6.10. The number of hydrogen-bond acceptors (Lipinski definition) is 4. The molecule has 0 spiro atoms. The summed E-state index contributed by atoms with van der Waals surface area (Å²) in [5.41, 5.74) is 0.967. The minimum Gasteiger partial charge on any atom is -0.339 e. The molecule has 0 bridgehead atoms. The van der Waals surface area contributed by atoms with Crippen LogP contribution >= 0.6 is 0 Å². The van der Waals surface area contributed by atoms with Crippen molar-refractivity contribution in [3.8, 4) is 0 Å². The predicted octanol–water partition coefficient (Wildman–Crippen LogP) is 1.91. The van der Waals surface area contributed by atoms with E-state index in [0.29, 0.717) is 29.4 Å². The number of aromatic nitrogens is 6. The zero-order valence-electron chi connectivity index (χ0n) is 12.7. The molecule has 1 aliphatic rings. The molecule has 0 aromatic carbocycles. The summed E-state index contributed by atoms with van der Waals surface area (Å²) in [6.07, 6.45) is 8.84. The molecule has 1 aliphatic carbocycles. The number of imidazole rings is 1. The summed E-state index contributed by atoms with van der Waals surface area (Å²) in [5.74, 6) is 2.02. The molecule has 4 rings (SSSR count). The maximum Gasteiger partial charge on any atom is 0.301 e. The third-order valence-electron chi connectivity index (χ3n) is 4.67. The molecule has 3 aromatic rings. The molecule has 1 fully saturated rings. The molecule has 116 valence electrons. The van der Waals surface area contributed by atoms with Crippen LogP contribution in [0.25, 0.3) is 16.9 Å². The van der Waals surface area contributed by atoms with Crippen molar-refractivity contribution < 1.29 is 0 Å². The van der Waals surface area contributed by atoms with Crippen molar-refractivity contribution in [2.75, 3.05) is 0 Å². The summed E-state index contributed by atoms with van der Waals surface area (Å²) in [6, 6.07) is 0. The third-order valence-corrected chi connectivity index (χ3v) is 4.67. The van der Waals surface area contributed by atoms with Crippen LogP contribution in [-0.4, -0.2) is 29.1 Å². The Bertz CT molecular complexity index is 867. The van der Waals surface area contributed by atoms with Crippen LogP contribution < -0.4 is 5.56 Å². The first kappa shape index (κ1) is 13.5. The first-order chi connectivity index (χ1) is 10.8. The van der Waals surface area contributed by atoms with Crippen molar-refractivity contribution in [1.29, 1.82) is 0 Å². The van der Waals surface area contributed by atoms with E-state index in [0.717, 1.165) is 12.2 Å².